The number of urea groups is 1. The molecule has 0 aliphatic carbocycles. The van der Waals surface area contributed by atoms with E-state index in [-0.39, 0.29) is 6.03 Å². The summed E-state index contributed by atoms with van der Waals surface area (Å²) in [5.41, 5.74) is 1.54. The molecule has 2 rings (SSSR count). The van der Waals surface area contributed by atoms with Crippen molar-refractivity contribution in [1.29, 1.82) is 0 Å². The van der Waals surface area contributed by atoms with E-state index in [1.165, 1.54) is 0 Å². The summed E-state index contributed by atoms with van der Waals surface area (Å²) < 4.78 is 2.56. The summed E-state index contributed by atoms with van der Waals surface area (Å²) in [5, 5.41) is 10.1. The van der Waals surface area contributed by atoms with E-state index in [0.29, 0.717) is 17.3 Å². The number of hydrogen-bond donors (Lipinski definition) is 2. The van der Waals surface area contributed by atoms with Crippen molar-refractivity contribution in [3.05, 3.63) is 45.7 Å². The number of carbonyl (C=O) groups is 1. The second kappa shape index (κ2) is 6.08. The van der Waals surface area contributed by atoms with Crippen molar-refractivity contribution in [3.63, 3.8) is 0 Å². The van der Waals surface area contributed by atoms with Crippen LogP contribution in [0.1, 0.15) is 5.69 Å². The zero-order chi connectivity index (χ0) is 13.8. The fourth-order valence-electron chi connectivity index (χ4n) is 1.54. The maximum absolute atomic E-state index is 11.7. The molecule has 1 aromatic heterocycles. The highest BCUT2D eigenvalue weighted by Gasteiger charge is 2.08. The Morgan fingerprint density at radius 1 is 1.53 bits per heavy atom. The van der Waals surface area contributed by atoms with Crippen LogP contribution in [0.3, 0.4) is 0 Å². The lowest BCUT2D eigenvalue weighted by Crippen LogP contribution is -2.29. The van der Waals surface area contributed by atoms with E-state index in [0.717, 1.165) is 10.2 Å². The molecule has 1 aromatic carbocycles. The van der Waals surface area contributed by atoms with Crippen LogP contribution in [0.2, 0.25) is 5.02 Å². The number of benzene rings is 1. The molecule has 19 heavy (non-hydrogen) atoms. The predicted octanol–water partition coefficient (Wildman–Crippen LogP) is 3.16. The molecule has 0 fully saturated rings. The molecule has 0 saturated carbocycles. The zero-order valence-electron chi connectivity index (χ0n) is 10.2. The summed E-state index contributed by atoms with van der Waals surface area (Å²) in [6, 6.07) is 6.68. The highest BCUT2D eigenvalue weighted by atomic mass is 79.9. The molecule has 0 aliphatic rings. The molecule has 0 bridgehead atoms. The predicted molar refractivity (Wildman–Crippen MR) is 78.2 cm³/mol. The third kappa shape index (κ3) is 3.71. The molecule has 2 aromatic rings. The topological polar surface area (TPSA) is 59.0 Å². The minimum Gasteiger partial charge on any atom is -0.332 e. The Balaban J connectivity index is 1.92. The van der Waals surface area contributed by atoms with Crippen LogP contribution in [0.5, 0.6) is 0 Å². The molecule has 5 nitrogen and oxygen atoms in total. The van der Waals surface area contributed by atoms with Crippen molar-refractivity contribution in [3.8, 4) is 0 Å². The second-order valence-electron chi connectivity index (χ2n) is 3.88. The first-order valence-electron chi connectivity index (χ1n) is 5.53. The smallest absolute Gasteiger partial charge is 0.319 e. The van der Waals surface area contributed by atoms with Crippen LogP contribution in [0.25, 0.3) is 0 Å². The number of hydrogen-bond acceptors (Lipinski definition) is 2. The van der Waals surface area contributed by atoms with Crippen LogP contribution in [-0.4, -0.2) is 15.8 Å². The van der Waals surface area contributed by atoms with Gasteiger partial charge in [-0.25, -0.2) is 4.79 Å². The standard InChI is InChI=1S/C12H12BrClN4O/c1-18-11(10(13)6-16-18)7-15-12(19)17-9-4-2-3-8(14)5-9/h2-6H,7H2,1H3,(H2,15,17,19). The van der Waals surface area contributed by atoms with E-state index < -0.39 is 0 Å². The van der Waals surface area contributed by atoms with Gasteiger partial charge in [0.2, 0.25) is 0 Å². The van der Waals surface area contributed by atoms with Gasteiger partial charge in [-0.2, -0.15) is 5.10 Å². The van der Waals surface area contributed by atoms with E-state index >= 15 is 0 Å². The Morgan fingerprint density at radius 3 is 2.95 bits per heavy atom. The monoisotopic (exact) mass is 342 g/mol. The summed E-state index contributed by atoms with van der Waals surface area (Å²) in [4.78, 5) is 11.7. The van der Waals surface area contributed by atoms with Gasteiger partial charge in [-0.15, -0.1) is 0 Å². The number of amides is 2. The normalized spacial score (nSPS) is 10.3. The van der Waals surface area contributed by atoms with Crippen LogP contribution in [0.4, 0.5) is 10.5 Å². The Hall–Kier alpha value is -1.53. The molecule has 0 atom stereocenters. The molecule has 0 spiro atoms. The summed E-state index contributed by atoms with van der Waals surface area (Å²) in [6.45, 7) is 0.378. The largest absolute Gasteiger partial charge is 0.332 e. The van der Waals surface area contributed by atoms with Crippen LogP contribution < -0.4 is 10.6 Å². The minimum absolute atomic E-state index is 0.296. The Kier molecular flexibility index (Phi) is 4.44. The van der Waals surface area contributed by atoms with Gasteiger partial charge in [0.15, 0.2) is 0 Å². The molecule has 7 heteroatoms. The molecule has 100 valence electrons. The molecule has 2 N–H and O–H groups in total. The van der Waals surface area contributed by atoms with E-state index in [9.17, 15) is 4.79 Å². The van der Waals surface area contributed by atoms with Crippen LogP contribution in [0, 0.1) is 0 Å². The van der Waals surface area contributed by atoms with Crippen LogP contribution >= 0.6 is 27.5 Å². The third-order valence-corrected chi connectivity index (χ3v) is 3.41. The maximum atomic E-state index is 11.7. The van der Waals surface area contributed by atoms with Crippen molar-refractivity contribution in [2.45, 2.75) is 6.54 Å². The Bertz CT molecular complexity index is 580. The van der Waals surface area contributed by atoms with Crippen molar-refractivity contribution in [2.75, 3.05) is 5.32 Å². The van der Waals surface area contributed by atoms with E-state index in [1.807, 2.05) is 7.05 Å². The molecule has 0 unspecified atom stereocenters. The lowest BCUT2D eigenvalue weighted by atomic mass is 10.3. The van der Waals surface area contributed by atoms with Gasteiger partial charge in [0.1, 0.15) is 0 Å². The van der Waals surface area contributed by atoms with E-state index in [2.05, 4.69) is 31.7 Å². The highest BCUT2D eigenvalue weighted by Crippen LogP contribution is 2.16. The molecule has 1 heterocycles. The van der Waals surface area contributed by atoms with Gasteiger partial charge in [-0.1, -0.05) is 17.7 Å². The number of rotatable bonds is 3. The van der Waals surface area contributed by atoms with Gasteiger partial charge in [0, 0.05) is 17.8 Å². The highest BCUT2D eigenvalue weighted by molar-refractivity contribution is 9.10. The molecule has 2 amide bonds. The number of halogens is 2. The van der Waals surface area contributed by atoms with Crippen molar-refractivity contribution < 1.29 is 4.79 Å². The van der Waals surface area contributed by atoms with Gasteiger partial charge in [0.25, 0.3) is 0 Å². The summed E-state index contributed by atoms with van der Waals surface area (Å²) in [6.07, 6.45) is 1.69. The minimum atomic E-state index is -0.296. The first-order valence-corrected chi connectivity index (χ1v) is 6.70. The van der Waals surface area contributed by atoms with E-state index in [1.54, 1.807) is 35.1 Å². The van der Waals surface area contributed by atoms with Gasteiger partial charge in [-0.05, 0) is 34.1 Å². The van der Waals surface area contributed by atoms with Gasteiger partial charge in [0.05, 0.1) is 22.9 Å². The van der Waals surface area contributed by atoms with Crippen molar-refractivity contribution >= 4 is 39.2 Å². The number of carbonyl (C=O) groups excluding carboxylic acids is 1. The average molecular weight is 344 g/mol. The second-order valence-corrected chi connectivity index (χ2v) is 5.17. The number of aryl methyl sites for hydroxylation is 1. The fraction of sp³-hybridized carbons (Fsp3) is 0.167. The van der Waals surface area contributed by atoms with Crippen LogP contribution in [-0.2, 0) is 13.6 Å². The first-order chi connectivity index (χ1) is 9.06. The number of nitrogens with zero attached hydrogens (tertiary/aromatic N) is 2. The fourth-order valence-corrected chi connectivity index (χ4v) is 2.22. The zero-order valence-corrected chi connectivity index (χ0v) is 12.5. The van der Waals surface area contributed by atoms with Crippen LogP contribution in [0.15, 0.2) is 34.9 Å². The maximum Gasteiger partial charge on any atom is 0.319 e. The molecule has 0 radical (unpaired) electrons. The average Bonchev–Trinajstić information content (AvgIpc) is 2.67. The van der Waals surface area contributed by atoms with Gasteiger partial charge < -0.3 is 10.6 Å². The first kappa shape index (κ1) is 13.9. The van der Waals surface area contributed by atoms with Gasteiger partial charge >= 0.3 is 6.03 Å². The van der Waals surface area contributed by atoms with Gasteiger partial charge in [-0.3, -0.25) is 4.68 Å². The van der Waals surface area contributed by atoms with Crippen molar-refractivity contribution in [2.24, 2.45) is 7.05 Å². The number of aromatic nitrogens is 2. The quantitative estimate of drug-likeness (QED) is 0.899. The van der Waals surface area contributed by atoms with Crippen molar-refractivity contribution in [1.82, 2.24) is 15.1 Å². The SMILES string of the molecule is Cn1ncc(Br)c1CNC(=O)Nc1cccc(Cl)c1. The molecule has 0 saturated heterocycles. The summed E-state index contributed by atoms with van der Waals surface area (Å²) in [7, 11) is 1.82. The molecular formula is C12H12BrClN4O. The Morgan fingerprint density at radius 2 is 2.32 bits per heavy atom. The Labute approximate surface area is 124 Å². The summed E-state index contributed by atoms with van der Waals surface area (Å²) >= 11 is 9.21. The number of anilines is 1. The number of nitrogens with one attached hydrogen (secondary N) is 2. The lowest BCUT2D eigenvalue weighted by Gasteiger charge is -2.08. The third-order valence-electron chi connectivity index (χ3n) is 2.51. The summed E-state index contributed by atoms with van der Waals surface area (Å²) in [5.74, 6) is 0. The molecular weight excluding hydrogens is 332 g/mol. The molecule has 0 aliphatic heterocycles. The van der Waals surface area contributed by atoms with E-state index in [4.69, 9.17) is 11.6 Å². The lowest BCUT2D eigenvalue weighted by molar-refractivity contribution is 0.251.